The van der Waals surface area contributed by atoms with E-state index in [9.17, 15) is 8.42 Å². The van der Waals surface area contributed by atoms with E-state index >= 15 is 0 Å². The van der Waals surface area contributed by atoms with Crippen molar-refractivity contribution in [2.24, 2.45) is 0 Å². The molecule has 0 spiro atoms. The zero-order chi connectivity index (χ0) is 10.6. The molecule has 0 atom stereocenters. The summed E-state index contributed by atoms with van der Waals surface area (Å²) in [5.41, 5.74) is 1.25. The van der Waals surface area contributed by atoms with Gasteiger partial charge in [0.25, 0.3) is 10.1 Å². The average molecular weight is 211 g/mol. The summed E-state index contributed by atoms with van der Waals surface area (Å²) in [6.07, 6.45) is 0.997. The van der Waals surface area contributed by atoms with Gasteiger partial charge in [-0.1, -0.05) is 12.1 Å². The number of hydrogen-bond acceptors (Lipinski definition) is 4. The smallest absolute Gasteiger partial charge is 0.264 e. The lowest BCUT2D eigenvalue weighted by Crippen LogP contribution is -2.02. The van der Waals surface area contributed by atoms with Crippen LogP contribution in [0.5, 0.6) is 0 Å². The fourth-order valence-corrected chi connectivity index (χ4v) is 1.20. The highest BCUT2D eigenvalue weighted by Crippen LogP contribution is 2.05. The molecular formula is C9H9NO3S. The molecule has 4 nitrogen and oxygen atoms in total. The van der Waals surface area contributed by atoms with E-state index in [1.165, 1.54) is 0 Å². The van der Waals surface area contributed by atoms with E-state index < -0.39 is 10.1 Å². The molecule has 0 aliphatic rings. The molecule has 0 heterocycles. The second-order valence-electron chi connectivity index (χ2n) is 2.78. The van der Waals surface area contributed by atoms with Crippen LogP contribution >= 0.6 is 0 Å². The van der Waals surface area contributed by atoms with E-state index in [0.717, 1.165) is 11.8 Å². The Bertz CT molecular complexity index is 442. The zero-order valence-corrected chi connectivity index (χ0v) is 8.41. The van der Waals surface area contributed by atoms with Crippen LogP contribution in [0.15, 0.2) is 24.3 Å². The van der Waals surface area contributed by atoms with Gasteiger partial charge >= 0.3 is 0 Å². The van der Waals surface area contributed by atoms with Crippen LogP contribution in [-0.2, 0) is 20.9 Å². The van der Waals surface area contributed by atoms with Crippen molar-refractivity contribution in [2.75, 3.05) is 6.26 Å². The Morgan fingerprint density at radius 2 is 1.93 bits per heavy atom. The second-order valence-corrected chi connectivity index (χ2v) is 4.42. The summed E-state index contributed by atoms with van der Waals surface area (Å²) < 4.78 is 25.9. The minimum absolute atomic E-state index is 0.00451. The van der Waals surface area contributed by atoms with Crippen molar-refractivity contribution in [1.29, 1.82) is 5.26 Å². The predicted molar refractivity (Wildman–Crippen MR) is 50.8 cm³/mol. The summed E-state index contributed by atoms with van der Waals surface area (Å²) >= 11 is 0. The average Bonchev–Trinajstić information content (AvgIpc) is 2.14. The molecular weight excluding hydrogens is 202 g/mol. The zero-order valence-electron chi connectivity index (χ0n) is 7.60. The van der Waals surface area contributed by atoms with E-state index in [2.05, 4.69) is 4.18 Å². The first-order chi connectivity index (χ1) is 6.51. The van der Waals surface area contributed by atoms with Crippen LogP contribution in [0.1, 0.15) is 11.1 Å². The Hall–Kier alpha value is -1.38. The maximum Gasteiger partial charge on any atom is 0.264 e. The molecule has 0 bridgehead atoms. The molecule has 0 fully saturated rings. The highest BCUT2D eigenvalue weighted by molar-refractivity contribution is 7.85. The number of nitrogens with zero attached hydrogens (tertiary/aromatic N) is 1. The fourth-order valence-electron chi connectivity index (χ4n) is 0.851. The molecule has 1 aromatic carbocycles. The van der Waals surface area contributed by atoms with E-state index in [4.69, 9.17) is 5.26 Å². The van der Waals surface area contributed by atoms with Gasteiger partial charge in [-0.3, -0.25) is 4.18 Å². The molecule has 0 saturated carbocycles. The standard InChI is InChI=1S/C9H9NO3S/c1-14(11,12)13-7-9-4-2-8(6-10)3-5-9/h2-5H,7H2,1H3. The van der Waals surface area contributed by atoms with Gasteiger partial charge < -0.3 is 0 Å². The van der Waals surface area contributed by atoms with E-state index in [0.29, 0.717) is 5.56 Å². The monoisotopic (exact) mass is 211 g/mol. The van der Waals surface area contributed by atoms with Gasteiger partial charge in [0.2, 0.25) is 0 Å². The van der Waals surface area contributed by atoms with Gasteiger partial charge in [-0.25, -0.2) is 0 Å². The van der Waals surface area contributed by atoms with E-state index in [1.807, 2.05) is 6.07 Å². The van der Waals surface area contributed by atoms with E-state index in [1.54, 1.807) is 24.3 Å². The van der Waals surface area contributed by atoms with Gasteiger partial charge in [0, 0.05) is 0 Å². The molecule has 0 saturated heterocycles. The molecule has 14 heavy (non-hydrogen) atoms. The Morgan fingerprint density at radius 3 is 2.36 bits per heavy atom. The third-order valence-corrected chi connectivity index (χ3v) is 2.07. The summed E-state index contributed by atoms with van der Waals surface area (Å²) in [4.78, 5) is 0. The first-order valence-electron chi connectivity index (χ1n) is 3.85. The van der Waals surface area contributed by atoms with Crippen LogP contribution in [0.4, 0.5) is 0 Å². The van der Waals surface area contributed by atoms with Crippen LogP contribution in [0.25, 0.3) is 0 Å². The molecule has 1 aromatic rings. The van der Waals surface area contributed by atoms with Crippen molar-refractivity contribution < 1.29 is 12.6 Å². The van der Waals surface area contributed by atoms with Crippen molar-refractivity contribution in [3.05, 3.63) is 35.4 Å². The van der Waals surface area contributed by atoms with Crippen LogP contribution in [0.3, 0.4) is 0 Å². The third kappa shape index (κ3) is 3.56. The lowest BCUT2D eigenvalue weighted by atomic mass is 10.2. The Kier molecular flexibility index (Phi) is 3.23. The summed E-state index contributed by atoms with van der Waals surface area (Å²) in [6.45, 7) is 0.00451. The van der Waals surface area contributed by atoms with Gasteiger partial charge in [-0.15, -0.1) is 0 Å². The summed E-state index contributed by atoms with van der Waals surface area (Å²) in [5.74, 6) is 0. The summed E-state index contributed by atoms with van der Waals surface area (Å²) in [6, 6.07) is 8.50. The van der Waals surface area contributed by atoms with Crippen molar-refractivity contribution in [1.82, 2.24) is 0 Å². The lowest BCUT2D eigenvalue weighted by Gasteiger charge is -2.00. The van der Waals surface area contributed by atoms with Crippen LogP contribution in [0.2, 0.25) is 0 Å². The minimum atomic E-state index is -3.40. The van der Waals surface area contributed by atoms with Crippen molar-refractivity contribution in [3.63, 3.8) is 0 Å². The third-order valence-electron chi connectivity index (χ3n) is 1.52. The molecule has 0 aliphatic heterocycles. The van der Waals surface area contributed by atoms with Gasteiger partial charge in [0.05, 0.1) is 24.5 Å². The van der Waals surface area contributed by atoms with Crippen LogP contribution < -0.4 is 0 Å². The normalized spacial score (nSPS) is 10.9. The highest BCUT2D eigenvalue weighted by atomic mass is 32.2. The van der Waals surface area contributed by atoms with Crippen LogP contribution in [-0.4, -0.2) is 14.7 Å². The number of rotatable bonds is 3. The lowest BCUT2D eigenvalue weighted by molar-refractivity contribution is 0.311. The molecule has 0 N–H and O–H groups in total. The fraction of sp³-hybridized carbons (Fsp3) is 0.222. The van der Waals surface area contributed by atoms with Gasteiger partial charge in [-0.2, -0.15) is 13.7 Å². The molecule has 5 heteroatoms. The molecule has 0 amide bonds. The Labute approximate surface area is 82.9 Å². The largest absolute Gasteiger partial charge is 0.265 e. The van der Waals surface area contributed by atoms with E-state index in [-0.39, 0.29) is 6.61 Å². The summed E-state index contributed by atoms with van der Waals surface area (Å²) in [7, 11) is -3.40. The molecule has 0 radical (unpaired) electrons. The second kappa shape index (κ2) is 4.22. The number of nitriles is 1. The van der Waals surface area contributed by atoms with Gasteiger partial charge in [-0.05, 0) is 17.7 Å². The topological polar surface area (TPSA) is 67.2 Å². The van der Waals surface area contributed by atoms with Crippen LogP contribution in [0, 0.1) is 11.3 Å². The number of hydrogen-bond donors (Lipinski definition) is 0. The molecule has 1 rings (SSSR count). The van der Waals surface area contributed by atoms with Crippen molar-refractivity contribution >= 4 is 10.1 Å². The van der Waals surface area contributed by atoms with Crippen molar-refractivity contribution in [3.8, 4) is 6.07 Å². The van der Waals surface area contributed by atoms with Crippen molar-refractivity contribution in [2.45, 2.75) is 6.61 Å². The SMILES string of the molecule is CS(=O)(=O)OCc1ccc(C#N)cc1. The molecule has 74 valence electrons. The Balaban J connectivity index is 2.67. The first-order valence-corrected chi connectivity index (χ1v) is 5.66. The molecule has 0 unspecified atom stereocenters. The maximum atomic E-state index is 10.7. The first kappa shape index (κ1) is 10.7. The molecule has 0 aliphatic carbocycles. The minimum Gasteiger partial charge on any atom is -0.265 e. The number of benzene rings is 1. The predicted octanol–water partition coefficient (Wildman–Crippen LogP) is 1.03. The molecule has 0 aromatic heterocycles. The highest BCUT2D eigenvalue weighted by Gasteiger charge is 2.02. The quantitative estimate of drug-likeness (QED) is 0.700. The Morgan fingerprint density at radius 1 is 1.36 bits per heavy atom. The van der Waals surface area contributed by atoms with Gasteiger partial charge in [0.15, 0.2) is 0 Å². The summed E-state index contributed by atoms with van der Waals surface area (Å²) in [5, 5.41) is 8.51. The maximum absolute atomic E-state index is 10.7. The van der Waals surface area contributed by atoms with Gasteiger partial charge in [0.1, 0.15) is 0 Å².